The van der Waals surface area contributed by atoms with Gasteiger partial charge in [-0.2, -0.15) is 5.10 Å². The molecule has 0 fully saturated rings. The number of methoxy groups -OCH3 is 1. The summed E-state index contributed by atoms with van der Waals surface area (Å²) in [6.07, 6.45) is 1.70. The lowest BCUT2D eigenvalue weighted by Crippen LogP contribution is -1.99. The van der Waals surface area contributed by atoms with Gasteiger partial charge in [0.05, 0.1) is 29.1 Å². The molecule has 8 heteroatoms. The molecular formula is C24H19Cl2N3O2S. The maximum Gasteiger partial charge on any atom is 0.203 e. The van der Waals surface area contributed by atoms with Crippen molar-refractivity contribution in [3.63, 3.8) is 0 Å². The Morgan fingerprint density at radius 2 is 1.84 bits per heavy atom. The van der Waals surface area contributed by atoms with Gasteiger partial charge in [-0.3, -0.25) is 5.43 Å². The largest absolute Gasteiger partial charge is 0.493 e. The van der Waals surface area contributed by atoms with Crippen LogP contribution in [0.25, 0.3) is 11.3 Å². The zero-order valence-corrected chi connectivity index (χ0v) is 19.4. The van der Waals surface area contributed by atoms with Gasteiger partial charge < -0.3 is 9.47 Å². The first-order chi connectivity index (χ1) is 15.6. The molecule has 0 saturated carbocycles. The van der Waals surface area contributed by atoms with Crippen LogP contribution in [0.15, 0.2) is 77.2 Å². The van der Waals surface area contributed by atoms with Crippen LogP contribution in [-0.2, 0) is 6.61 Å². The SMILES string of the molecule is COc1cc(/C=N/Nc2nc(-c3ccccc3)cs2)ccc1OCc1ccc(Cl)c(Cl)c1. The number of hydrazone groups is 1. The second kappa shape index (κ2) is 10.5. The van der Waals surface area contributed by atoms with Gasteiger partial charge in [0.15, 0.2) is 11.5 Å². The van der Waals surface area contributed by atoms with Crippen LogP contribution in [0.5, 0.6) is 11.5 Å². The van der Waals surface area contributed by atoms with Crippen LogP contribution in [0.2, 0.25) is 10.0 Å². The van der Waals surface area contributed by atoms with E-state index in [1.807, 2.05) is 60.0 Å². The minimum Gasteiger partial charge on any atom is -0.493 e. The molecule has 1 heterocycles. The number of benzene rings is 3. The van der Waals surface area contributed by atoms with E-state index in [0.717, 1.165) is 22.4 Å². The molecule has 162 valence electrons. The van der Waals surface area contributed by atoms with Crippen LogP contribution in [0.3, 0.4) is 0 Å². The second-order valence-corrected chi connectivity index (χ2v) is 8.39. The molecule has 32 heavy (non-hydrogen) atoms. The van der Waals surface area contributed by atoms with Crippen molar-refractivity contribution in [3.8, 4) is 22.8 Å². The number of rotatable bonds is 8. The molecule has 0 saturated heterocycles. The molecule has 1 aromatic heterocycles. The van der Waals surface area contributed by atoms with Gasteiger partial charge in [0.2, 0.25) is 5.13 Å². The number of anilines is 1. The molecular weight excluding hydrogens is 465 g/mol. The second-order valence-electron chi connectivity index (χ2n) is 6.72. The molecule has 0 radical (unpaired) electrons. The van der Waals surface area contributed by atoms with E-state index in [4.69, 9.17) is 32.7 Å². The van der Waals surface area contributed by atoms with Gasteiger partial charge in [-0.25, -0.2) is 4.98 Å². The number of aromatic nitrogens is 1. The summed E-state index contributed by atoms with van der Waals surface area (Å²) in [7, 11) is 1.60. The Morgan fingerprint density at radius 3 is 2.62 bits per heavy atom. The predicted octanol–water partition coefficient (Wildman–Crippen LogP) is 7.15. The number of hydrogen-bond acceptors (Lipinski definition) is 6. The molecule has 1 N–H and O–H groups in total. The lowest BCUT2D eigenvalue weighted by Gasteiger charge is -2.11. The van der Waals surface area contributed by atoms with E-state index in [2.05, 4.69) is 15.5 Å². The molecule has 0 aliphatic heterocycles. The molecule has 0 spiro atoms. The fraction of sp³-hybridized carbons (Fsp3) is 0.0833. The van der Waals surface area contributed by atoms with Crippen molar-refractivity contribution in [2.45, 2.75) is 6.61 Å². The molecule has 0 bridgehead atoms. The van der Waals surface area contributed by atoms with E-state index in [-0.39, 0.29) is 0 Å². The Morgan fingerprint density at radius 1 is 1.00 bits per heavy atom. The molecule has 4 rings (SSSR count). The summed E-state index contributed by atoms with van der Waals surface area (Å²) < 4.78 is 11.4. The first-order valence-electron chi connectivity index (χ1n) is 9.67. The first-order valence-corrected chi connectivity index (χ1v) is 11.3. The summed E-state index contributed by atoms with van der Waals surface area (Å²) in [5, 5.41) is 8.01. The summed E-state index contributed by atoms with van der Waals surface area (Å²) in [6.45, 7) is 0.343. The number of halogens is 2. The van der Waals surface area contributed by atoms with Gasteiger partial charge in [-0.1, -0.05) is 59.6 Å². The van der Waals surface area contributed by atoms with Crippen molar-refractivity contribution in [3.05, 3.63) is 93.3 Å². The van der Waals surface area contributed by atoms with E-state index in [1.165, 1.54) is 11.3 Å². The van der Waals surface area contributed by atoms with E-state index in [9.17, 15) is 0 Å². The maximum absolute atomic E-state index is 6.06. The molecule has 4 aromatic rings. The number of hydrogen-bond donors (Lipinski definition) is 1. The lowest BCUT2D eigenvalue weighted by molar-refractivity contribution is 0.284. The van der Waals surface area contributed by atoms with Crippen molar-refractivity contribution in [1.82, 2.24) is 4.98 Å². The summed E-state index contributed by atoms with van der Waals surface area (Å²) in [5.74, 6) is 1.23. The maximum atomic E-state index is 6.06. The fourth-order valence-electron chi connectivity index (χ4n) is 2.90. The van der Waals surface area contributed by atoms with E-state index in [1.54, 1.807) is 25.5 Å². The van der Waals surface area contributed by atoms with Gasteiger partial charge >= 0.3 is 0 Å². The summed E-state index contributed by atoms with van der Waals surface area (Å²) in [6, 6.07) is 21.0. The normalized spacial score (nSPS) is 11.0. The highest BCUT2D eigenvalue weighted by Crippen LogP contribution is 2.30. The standard InChI is InChI=1S/C24H19Cl2N3O2S/c1-30-23-12-16(8-10-22(23)31-14-17-7-9-19(25)20(26)11-17)13-27-29-24-28-21(15-32-24)18-5-3-2-4-6-18/h2-13,15H,14H2,1H3,(H,28,29)/b27-13+. The highest BCUT2D eigenvalue weighted by Gasteiger charge is 2.07. The highest BCUT2D eigenvalue weighted by molar-refractivity contribution is 7.14. The molecule has 0 aliphatic rings. The van der Waals surface area contributed by atoms with Crippen LogP contribution in [0.1, 0.15) is 11.1 Å². The average Bonchev–Trinajstić information content (AvgIpc) is 3.30. The van der Waals surface area contributed by atoms with Gasteiger partial charge in [0, 0.05) is 10.9 Å². The Labute approximate surface area is 200 Å². The fourth-order valence-corrected chi connectivity index (χ4v) is 3.89. The number of nitrogens with one attached hydrogen (secondary N) is 1. The molecule has 5 nitrogen and oxygen atoms in total. The zero-order chi connectivity index (χ0) is 22.3. The van der Waals surface area contributed by atoms with Gasteiger partial charge in [0.25, 0.3) is 0 Å². The van der Waals surface area contributed by atoms with Crippen molar-refractivity contribution >= 4 is 45.9 Å². The van der Waals surface area contributed by atoms with Crippen molar-refractivity contribution in [1.29, 1.82) is 0 Å². The third-order valence-corrected chi connectivity index (χ3v) is 6.00. The topological polar surface area (TPSA) is 55.7 Å². The van der Waals surface area contributed by atoms with Crippen LogP contribution in [0.4, 0.5) is 5.13 Å². The Bertz CT molecular complexity index is 1230. The minimum atomic E-state index is 0.343. The smallest absolute Gasteiger partial charge is 0.203 e. The summed E-state index contributed by atoms with van der Waals surface area (Å²) in [4.78, 5) is 4.56. The monoisotopic (exact) mass is 483 g/mol. The Kier molecular flexibility index (Phi) is 7.27. The Hall–Kier alpha value is -3.06. The van der Waals surface area contributed by atoms with Gasteiger partial charge in [0.1, 0.15) is 6.61 Å². The summed E-state index contributed by atoms with van der Waals surface area (Å²) >= 11 is 13.5. The Balaban J connectivity index is 1.38. The molecule has 0 atom stereocenters. The first kappa shape index (κ1) is 22.1. The highest BCUT2D eigenvalue weighted by atomic mass is 35.5. The van der Waals surface area contributed by atoms with E-state index in [0.29, 0.717) is 33.3 Å². The van der Waals surface area contributed by atoms with Crippen LogP contribution in [0, 0.1) is 0 Å². The third kappa shape index (κ3) is 5.59. The lowest BCUT2D eigenvalue weighted by atomic mass is 10.2. The molecule has 0 unspecified atom stereocenters. The molecule has 0 amide bonds. The van der Waals surface area contributed by atoms with Crippen molar-refractivity contribution < 1.29 is 9.47 Å². The van der Waals surface area contributed by atoms with Crippen LogP contribution < -0.4 is 14.9 Å². The van der Waals surface area contributed by atoms with Crippen molar-refractivity contribution in [2.75, 3.05) is 12.5 Å². The third-order valence-electron chi connectivity index (χ3n) is 4.51. The molecule has 0 aliphatic carbocycles. The van der Waals surface area contributed by atoms with Crippen molar-refractivity contribution in [2.24, 2.45) is 5.10 Å². The van der Waals surface area contributed by atoms with E-state index < -0.39 is 0 Å². The van der Waals surface area contributed by atoms with Crippen LogP contribution >= 0.6 is 34.5 Å². The summed E-state index contributed by atoms with van der Waals surface area (Å²) in [5.41, 5.74) is 6.73. The van der Waals surface area contributed by atoms with E-state index >= 15 is 0 Å². The average molecular weight is 484 g/mol. The van der Waals surface area contributed by atoms with Crippen LogP contribution in [-0.4, -0.2) is 18.3 Å². The quantitative estimate of drug-likeness (QED) is 0.213. The number of thiazole rings is 1. The van der Waals surface area contributed by atoms with Gasteiger partial charge in [-0.05, 0) is 41.5 Å². The molecule has 3 aromatic carbocycles. The zero-order valence-electron chi connectivity index (χ0n) is 17.1. The minimum absolute atomic E-state index is 0.343. The van der Waals surface area contributed by atoms with Gasteiger partial charge in [-0.15, -0.1) is 11.3 Å². The number of nitrogens with zero attached hydrogens (tertiary/aromatic N) is 2. The number of ether oxygens (including phenoxy) is 2. The predicted molar refractivity (Wildman–Crippen MR) is 133 cm³/mol.